The minimum absolute atomic E-state index is 0.0717. The van der Waals surface area contributed by atoms with E-state index in [0.717, 1.165) is 11.8 Å². The van der Waals surface area contributed by atoms with Crippen LogP contribution < -0.4 is 5.32 Å². The Hall–Kier alpha value is -1.47. The molecule has 6 rings (SSSR count). The second kappa shape index (κ2) is 7.10. The van der Waals surface area contributed by atoms with Crippen molar-refractivity contribution in [2.75, 3.05) is 13.1 Å². The van der Waals surface area contributed by atoms with E-state index in [0.29, 0.717) is 43.8 Å². The summed E-state index contributed by atoms with van der Waals surface area (Å²) in [6.45, 7) is 0.800. The number of nitrogens with one attached hydrogen (secondary N) is 1. The van der Waals surface area contributed by atoms with Crippen LogP contribution in [-0.4, -0.2) is 42.7 Å². The summed E-state index contributed by atoms with van der Waals surface area (Å²) in [5, 5.41) is 3.40. The SMILES string of the molecule is O=C(NC1C2CC3CC(C2)CC1C3)C1CCN(S(=O)(=O)c2cccnc2)CC1. The van der Waals surface area contributed by atoms with Gasteiger partial charge in [-0.05, 0) is 80.8 Å². The summed E-state index contributed by atoms with van der Waals surface area (Å²) >= 11 is 0. The van der Waals surface area contributed by atoms with Gasteiger partial charge in [-0.3, -0.25) is 9.78 Å². The molecule has 0 atom stereocenters. The number of nitrogens with zero attached hydrogens (tertiary/aromatic N) is 2. The van der Waals surface area contributed by atoms with E-state index in [4.69, 9.17) is 0 Å². The van der Waals surface area contributed by atoms with Crippen molar-refractivity contribution >= 4 is 15.9 Å². The van der Waals surface area contributed by atoms with E-state index in [1.807, 2.05) is 0 Å². The number of aromatic nitrogens is 1. The molecule has 1 N–H and O–H groups in total. The first-order valence-electron chi connectivity index (χ1n) is 10.7. The van der Waals surface area contributed by atoms with Crippen molar-refractivity contribution in [1.82, 2.24) is 14.6 Å². The highest BCUT2D eigenvalue weighted by Gasteiger charge is 2.49. The van der Waals surface area contributed by atoms with Crippen molar-refractivity contribution in [3.63, 3.8) is 0 Å². The van der Waals surface area contributed by atoms with Crippen LogP contribution in [0.15, 0.2) is 29.4 Å². The van der Waals surface area contributed by atoms with Crippen molar-refractivity contribution in [3.8, 4) is 0 Å². The number of piperidine rings is 1. The second-order valence-electron chi connectivity index (χ2n) is 9.33. The predicted molar refractivity (Wildman–Crippen MR) is 105 cm³/mol. The fourth-order valence-corrected chi connectivity index (χ4v) is 7.88. The molecular formula is C21H29N3O3S. The lowest BCUT2D eigenvalue weighted by molar-refractivity contribution is -0.130. The molecule has 0 unspecified atom stereocenters. The van der Waals surface area contributed by atoms with Gasteiger partial charge in [-0.2, -0.15) is 4.31 Å². The summed E-state index contributed by atoms with van der Waals surface area (Å²) in [7, 11) is -3.51. The van der Waals surface area contributed by atoms with Crippen LogP contribution in [0.3, 0.4) is 0 Å². The van der Waals surface area contributed by atoms with Crippen LogP contribution in [0, 0.1) is 29.6 Å². The summed E-state index contributed by atoms with van der Waals surface area (Å²) < 4.78 is 27.0. The molecule has 6 nitrogen and oxygen atoms in total. The average molecular weight is 404 g/mol. The molecule has 4 bridgehead atoms. The van der Waals surface area contributed by atoms with Crippen LogP contribution in [0.2, 0.25) is 0 Å². The fourth-order valence-electron chi connectivity index (χ4n) is 6.45. The predicted octanol–water partition coefficient (Wildman–Crippen LogP) is 2.42. The van der Waals surface area contributed by atoms with Crippen LogP contribution in [0.5, 0.6) is 0 Å². The normalized spacial score (nSPS) is 35.8. The maximum absolute atomic E-state index is 12.9. The molecule has 1 aliphatic heterocycles. The molecule has 4 saturated carbocycles. The lowest BCUT2D eigenvalue weighted by Crippen LogP contribution is -2.57. The zero-order valence-electron chi connectivity index (χ0n) is 16.2. The highest BCUT2D eigenvalue weighted by molar-refractivity contribution is 7.89. The Labute approximate surface area is 167 Å². The van der Waals surface area contributed by atoms with Crippen molar-refractivity contribution in [2.45, 2.75) is 55.9 Å². The second-order valence-corrected chi connectivity index (χ2v) is 11.3. The average Bonchev–Trinajstić information content (AvgIpc) is 2.71. The van der Waals surface area contributed by atoms with E-state index in [1.165, 1.54) is 42.6 Å². The van der Waals surface area contributed by atoms with Gasteiger partial charge in [0.1, 0.15) is 4.90 Å². The minimum Gasteiger partial charge on any atom is -0.353 e. The molecule has 152 valence electrons. The molecule has 7 heteroatoms. The number of rotatable bonds is 4. The van der Waals surface area contributed by atoms with Gasteiger partial charge in [-0.1, -0.05) is 0 Å². The van der Waals surface area contributed by atoms with Crippen LogP contribution >= 0.6 is 0 Å². The third kappa shape index (κ3) is 3.26. The van der Waals surface area contributed by atoms with Crippen molar-refractivity contribution in [3.05, 3.63) is 24.5 Å². The summed E-state index contributed by atoms with van der Waals surface area (Å²) in [5.41, 5.74) is 0. The van der Waals surface area contributed by atoms with Gasteiger partial charge in [0.25, 0.3) is 0 Å². The molecular weight excluding hydrogens is 374 g/mol. The summed E-state index contributed by atoms with van der Waals surface area (Å²) in [5.74, 6) is 3.22. The number of amides is 1. The Balaban J connectivity index is 1.19. The van der Waals surface area contributed by atoms with Crippen LogP contribution in [0.4, 0.5) is 0 Å². The minimum atomic E-state index is -3.51. The Kier molecular flexibility index (Phi) is 4.70. The Bertz CT molecular complexity index is 806. The van der Waals surface area contributed by atoms with Crippen LogP contribution in [-0.2, 0) is 14.8 Å². The molecule has 1 saturated heterocycles. The lowest BCUT2D eigenvalue weighted by atomic mass is 9.54. The molecule has 1 aromatic heterocycles. The lowest BCUT2D eigenvalue weighted by Gasteiger charge is -2.54. The molecule has 0 aromatic carbocycles. The third-order valence-electron chi connectivity index (χ3n) is 7.63. The third-order valence-corrected chi connectivity index (χ3v) is 9.51. The highest BCUT2D eigenvalue weighted by atomic mass is 32.2. The first-order valence-corrected chi connectivity index (χ1v) is 12.2. The van der Waals surface area contributed by atoms with Crippen LogP contribution in [0.1, 0.15) is 44.9 Å². The molecule has 28 heavy (non-hydrogen) atoms. The number of hydrogen-bond acceptors (Lipinski definition) is 4. The van der Waals surface area contributed by atoms with Crippen LogP contribution in [0.25, 0.3) is 0 Å². The smallest absolute Gasteiger partial charge is 0.244 e. The Morgan fingerprint density at radius 1 is 1.04 bits per heavy atom. The monoisotopic (exact) mass is 403 g/mol. The fraction of sp³-hybridized carbons (Fsp3) is 0.714. The molecule has 1 aromatic rings. The first kappa shape index (κ1) is 18.6. The summed E-state index contributed by atoms with van der Waals surface area (Å²) in [6.07, 6.45) is 10.7. The first-order chi connectivity index (χ1) is 13.5. The molecule has 5 fully saturated rings. The van der Waals surface area contributed by atoms with Gasteiger partial charge in [0, 0.05) is 37.4 Å². The van der Waals surface area contributed by atoms with E-state index in [1.54, 1.807) is 18.3 Å². The van der Waals surface area contributed by atoms with Crippen molar-refractivity contribution in [2.24, 2.45) is 29.6 Å². The van der Waals surface area contributed by atoms with Gasteiger partial charge in [0.05, 0.1) is 0 Å². The number of carbonyl (C=O) groups is 1. The van der Waals surface area contributed by atoms with Gasteiger partial charge in [0.15, 0.2) is 0 Å². The number of carbonyl (C=O) groups excluding carboxylic acids is 1. The van der Waals surface area contributed by atoms with E-state index < -0.39 is 10.0 Å². The maximum Gasteiger partial charge on any atom is 0.244 e. The van der Waals surface area contributed by atoms with E-state index >= 15 is 0 Å². The zero-order chi connectivity index (χ0) is 19.3. The van der Waals surface area contributed by atoms with E-state index in [9.17, 15) is 13.2 Å². The topological polar surface area (TPSA) is 79.4 Å². The number of sulfonamides is 1. The van der Waals surface area contributed by atoms with Gasteiger partial charge >= 0.3 is 0 Å². The van der Waals surface area contributed by atoms with E-state index in [-0.39, 0.29) is 16.7 Å². The standard InChI is InChI=1S/C21H29N3O3S/c25-21(23-20-17-9-14-8-15(11-17)12-18(20)10-14)16-3-6-24(7-4-16)28(26,27)19-2-1-5-22-13-19/h1-2,5,13-18,20H,3-4,6-12H2,(H,23,25). The van der Waals surface area contributed by atoms with Gasteiger partial charge in [-0.25, -0.2) is 8.42 Å². The quantitative estimate of drug-likeness (QED) is 0.837. The number of pyridine rings is 1. The Morgan fingerprint density at radius 2 is 1.68 bits per heavy atom. The zero-order valence-corrected chi connectivity index (χ0v) is 17.0. The van der Waals surface area contributed by atoms with Crippen molar-refractivity contribution < 1.29 is 13.2 Å². The number of hydrogen-bond donors (Lipinski definition) is 1. The molecule has 2 heterocycles. The summed E-state index contributed by atoms with van der Waals surface area (Å²) in [4.78, 5) is 17.1. The molecule has 5 aliphatic rings. The van der Waals surface area contributed by atoms with Gasteiger partial charge < -0.3 is 5.32 Å². The molecule has 0 radical (unpaired) electrons. The van der Waals surface area contributed by atoms with Crippen molar-refractivity contribution in [1.29, 1.82) is 0 Å². The molecule has 1 amide bonds. The van der Waals surface area contributed by atoms with E-state index in [2.05, 4.69) is 10.3 Å². The Morgan fingerprint density at radius 3 is 2.25 bits per heavy atom. The molecule has 4 aliphatic carbocycles. The largest absolute Gasteiger partial charge is 0.353 e. The summed E-state index contributed by atoms with van der Waals surface area (Å²) in [6, 6.07) is 3.57. The highest BCUT2D eigenvalue weighted by Crippen LogP contribution is 2.53. The molecule has 0 spiro atoms. The van der Waals surface area contributed by atoms with Gasteiger partial charge in [-0.15, -0.1) is 0 Å². The van der Waals surface area contributed by atoms with Gasteiger partial charge in [0.2, 0.25) is 15.9 Å². The maximum atomic E-state index is 12.9.